The summed E-state index contributed by atoms with van der Waals surface area (Å²) < 4.78 is 0. The first-order valence-corrected chi connectivity index (χ1v) is 5.52. The molecule has 1 unspecified atom stereocenters. The lowest BCUT2D eigenvalue weighted by molar-refractivity contribution is -0.258. The van der Waals surface area contributed by atoms with E-state index in [1.165, 1.54) is 6.92 Å². The summed E-state index contributed by atoms with van der Waals surface area (Å²) in [6.07, 6.45) is 0.902. The maximum Gasteiger partial charge on any atom is 0.362 e. The molecule has 0 amide bonds. The van der Waals surface area contributed by atoms with Gasteiger partial charge in [-0.3, -0.25) is 0 Å². The molecule has 0 heterocycles. The van der Waals surface area contributed by atoms with Gasteiger partial charge in [0.2, 0.25) is 0 Å². The molecular weight excluding hydrogens is 220 g/mol. The summed E-state index contributed by atoms with van der Waals surface area (Å²) in [5.41, 5.74) is 2.00. The predicted octanol–water partition coefficient (Wildman–Crippen LogP) is 2.37. The number of hydrogen-bond donors (Lipinski definition) is 0. The van der Waals surface area contributed by atoms with Crippen molar-refractivity contribution in [1.82, 2.24) is 0 Å². The molecule has 0 N–H and O–H groups in total. The average Bonchev–Trinajstić information content (AvgIpc) is 2.35. The molecule has 0 spiro atoms. The molecule has 0 fully saturated rings. The summed E-state index contributed by atoms with van der Waals surface area (Å²) in [6, 6.07) is 7.68. The van der Waals surface area contributed by atoms with Crippen molar-refractivity contribution in [2.75, 3.05) is 0 Å². The number of benzene rings is 1. The van der Waals surface area contributed by atoms with Gasteiger partial charge >= 0.3 is 11.9 Å². The second-order valence-electron chi connectivity index (χ2n) is 3.80. The zero-order valence-electron chi connectivity index (χ0n) is 10.2. The SMILES string of the molecule is CCc1cccc(C(C)C(=O)OOC(C)=O)c1. The van der Waals surface area contributed by atoms with Crippen LogP contribution in [0.5, 0.6) is 0 Å². The molecule has 0 aliphatic rings. The van der Waals surface area contributed by atoms with Gasteiger partial charge in [-0.2, -0.15) is 0 Å². The zero-order valence-corrected chi connectivity index (χ0v) is 10.2. The minimum atomic E-state index is -0.646. The Hall–Kier alpha value is -1.84. The highest BCUT2D eigenvalue weighted by Crippen LogP contribution is 2.18. The molecule has 4 nitrogen and oxygen atoms in total. The van der Waals surface area contributed by atoms with Gasteiger partial charge in [0.1, 0.15) is 0 Å². The normalized spacial score (nSPS) is 11.7. The lowest BCUT2D eigenvalue weighted by atomic mass is 9.98. The van der Waals surface area contributed by atoms with E-state index in [-0.39, 0.29) is 0 Å². The molecule has 17 heavy (non-hydrogen) atoms. The van der Waals surface area contributed by atoms with Crippen LogP contribution in [0.1, 0.15) is 37.8 Å². The molecular formula is C13H16O4. The Bertz CT molecular complexity index is 412. The van der Waals surface area contributed by atoms with Gasteiger partial charge < -0.3 is 0 Å². The molecule has 0 radical (unpaired) electrons. The molecule has 1 atom stereocenters. The maximum atomic E-state index is 11.5. The fourth-order valence-corrected chi connectivity index (χ4v) is 1.39. The summed E-state index contributed by atoms with van der Waals surface area (Å²) in [4.78, 5) is 30.7. The largest absolute Gasteiger partial charge is 0.362 e. The smallest absolute Gasteiger partial charge is 0.248 e. The van der Waals surface area contributed by atoms with Crippen LogP contribution in [0.15, 0.2) is 24.3 Å². The number of carbonyl (C=O) groups excluding carboxylic acids is 2. The van der Waals surface area contributed by atoms with E-state index in [9.17, 15) is 9.59 Å². The predicted molar refractivity (Wildman–Crippen MR) is 62.1 cm³/mol. The van der Waals surface area contributed by atoms with Gasteiger partial charge in [0.15, 0.2) is 0 Å². The Labute approximate surface area is 100 Å². The van der Waals surface area contributed by atoms with Gasteiger partial charge in [-0.05, 0) is 24.5 Å². The second-order valence-corrected chi connectivity index (χ2v) is 3.80. The van der Waals surface area contributed by atoms with E-state index >= 15 is 0 Å². The van der Waals surface area contributed by atoms with Crippen LogP contribution in [0, 0.1) is 0 Å². The molecule has 0 saturated carbocycles. The van der Waals surface area contributed by atoms with Crippen molar-refractivity contribution in [3.8, 4) is 0 Å². The van der Waals surface area contributed by atoms with Gasteiger partial charge in [0, 0.05) is 6.92 Å². The summed E-state index contributed by atoms with van der Waals surface area (Å²) in [6.45, 7) is 4.93. The monoisotopic (exact) mass is 236 g/mol. The first kappa shape index (κ1) is 13.2. The molecule has 4 heteroatoms. The zero-order chi connectivity index (χ0) is 12.8. The van der Waals surface area contributed by atoms with Gasteiger partial charge in [-0.1, -0.05) is 31.2 Å². The van der Waals surface area contributed by atoms with E-state index < -0.39 is 17.9 Å². The van der Waals surface area contributed by atoms with Crippen molar-refractivity contribution in [2.24, 2.45) is 0 Å². The molecule has 1 aromatic rings. The summed E-state index contributed by atoms with van der Waals surface area (Å²) in [7, 11) is 0. The molecule has 92 valence electrons. The Morgan fingerprint density at radius 2 is 2.00 bits per heavy atom. The van der Waals surface area contributed by atoms with Gasteiger partial charge in [0.05, 0.1) is 5.92 Å². The first-order chi connectivity index (χ1) is 8.04. The quantitative estimate of drug-likeness (QED) is 0.597. The third-order valence-electron chi connectivity index (χ3n) is 2.45. The van der Waals surface area contributed by atoms with Crippen molar-refractivity contribution in [1.29, 1.82) is 0 Å². The van der Waals surface area contributed by atoms with E-state index in [1.54, 1.807) is 6.92 Å². The van der Waals surface area contributed by atoms with Crippen molar-refractivity contribution >= 4 is 11.9 Å². The number of rotatable bonds is 3. The van der Waals surface area contributed by atoms with E-state index in [4.69, 9.17) is 0 Å². The fourth-order valence-electron chi connectivity index (χ4n) is 1.39. The Morgan fingerprint density at radius 1 is 1.29 bits per heavy atom. The van der Waals surface area contributed by atoms with E-state index in [0.29, 0.717) is 0 Å². The van der Waals surface area contributed by atoms with Crippen LogP contribution >= 0.6 is 0 Å². The first-order valence-electron chi connectivity index (χ1n) is 5.52. The van der Waals surface area contributed by atoms with Crippen molar-refractivity contribution < 1.29 is 19.4 Å². The van der Waals surface area contributed by atoms with Crippen LogP contribution in [0.3, 0.4) is 0 Å². The molecule has 1 aromatic carbocycles. The Balaban J connectivity index is 2.70. The number of hydrogen-bond acceptors (Lipinski definition) is 4. The van der Waals surface area contributed by atoms with E-state index in [2.05, 4.69) is 9.78 Å². The van der Waals surface area contributed by atoms with E-state index in [0.717, 1.165) is 17.5 Å². The molecule has 0 saturated heterocycles. The maximum absolute atomic E-state index is 11.5. The molecule has 1 rings (SSSR count). The van der Waals surface area contributed by atoms with Crippen LogP contribution in [0.4, 0.5) is 0 Å². The summed E-state index contributed by atoms with van der Waals surface area (Å²) >= 11 is 0. The second kappa shape index (κ2) is 6.03. The third-order valence-corrected chi connectivity index (χ3v) is 2.45. The van der Waals surface area contributed by atoms with E-state index in [1.807, 2.05) is 31.2 Å². The van der Waals surface area contributed by atoms with Crippen LogP contribution in [-0.2, 0) is 25.8 Å². The molecule has 0 aliphatic carbocycles. The standard InChI is InChI=1S/C13H16O4/c1-4-11-6-5-7-12(8-11)9(2)13(15)17-16-10(3)14/h5-9H,4H2,1-3H3. The highest BCUT2D eigenvalue weighted by Gasteiger charge is 2.19. The Kier molecular flexibility index (Phi) is 4.69. The minimum absolute atomic E-state index is 0.458. The molecule has 0 bridgehead atoms. The lowest BCUT2D eigenvalue weighted by Gasteiger charge is -2.10. The fraction of sp³-hybridized carbons (Fsp3) is 0.385. The van der Waals surface area contributed by atoms with Gasteiger partial charge in [-0.25, -0.2) is 19.4 Å². The number of aryl methyl sites for hydroxylation is 1. The third kappa shape index (κ3) is 3.90. The highest BCUT2D eigenvalue weighted by atomic mass is 17.2. The number of carbonyl (C=O) groups is 2. The minimum Gasteiger partial charge on any atom is -0.248 e. The highest BCUT2D eigenvalue weighted by molar-refractivity contribution is 5.78. The van der Waals surface area contributed by atoms with Crippen molar-refractivity contribution in [2.45, 2.75) is 33.1 Å². The molecule has 0 aliphatic heterocycles. The van der Waals surface area contributed by atoms with Gasteiger partial charge in [-0.15, -0.1) is 0 Å². The Morgan fingerprint density at radius 3 is 2.59 bits per heavy atom. The van der Waals surface area contributed by atoms with Crippen LogP contribution in [0.2, 0.25) is 0 Å². The van der Waals surface area contributed by atoms with Crippen molar-refractivity contribution in [3.63, 3.8) is 0 Å². The van der Waals surface area contributed by atoms with Crippen LogP contribution in [0.25, 0.3) is 0 Å². The average molecular weight is 236 g/mol. The summed E-state index contributed by atoms with van der Waals surface area (Å²) in [5.74, 6) is -1.68. The van der Waals surface area contributed by atoms with Crippen molar-refractivity contribution in [3.05, 3.63) is 35.4 Å². The van der Waals surface area contributed by atoms with Crippen LogP contribution in [-0.4, -0.2) is 11.9 Å². The molecule has 0 aromatic heterocycles. The topological polar surface area (TPSA) is 52.6 Å². The summed E-state index contributed by atoms with van der Waals surface area (Å²) in [5, 5.41) is 0. The van der Waals surface area contributed by atoms with Gasteiger partial charge in [0.25, 0.3) is 0 Å². The lowest BCUT2D eigenvalue weighted by Crippen LogP contribution is -2.15. The van der Waals surface area contributed by atoms with Crippen LogP contribution < -0.4 is 0 Å².